The summed E-state index contributed by atoms with van der Waals surface area (Å²) >= 11 is 5.57. The number of aromatic nitrogens is 2. The Balaban J connectivity index is 2.56. The molecule has 0 aromatic carbocycles. The Morgan fingerprint density at radius 2 is 2.36 bits per heavy atom. The second-order valence-corrected chi connectivity index (χ2v) is 2.55. The quantitative estimate of drug-likeness (QED) is 0.691. The predicted octanol–water partition coefficient (Wildman–Crippen LogP) is 1.02. The molecule has 2 N–H and O–H groups in total. The number of nitrogens with zero attached hydrogens (tertiary/aromatic N) is 2. The minimum Gasteiger partial charge on any atom is -0.330 e. The van der Waals surface area contributed by atoms with Gasteiger partial charge in [-0.1, -0.05) is 0 Å². The molecule has 0 spiro atoms. The van der Waals surface area contributed by atoms with Gasteiger partial charge in [0.05, 0.1) is 0 Å². The highest BCUT2D eigenvalue weighted by atomic mass is 35.5. The molecule has 0 bridgehead atoms. The maximum Gasteiger partial charge on any atom is 0.222 e. The number of hydrogen-bond acceptors (Lipinski definition) is 3. The summed E-state index contributed by atoms with van der Waals surface area (Å²) in [6.07, 6.45) is 3.47. The van der Waals surface area contributed by atoms with Crippen molar-refractivity contribution >= 4 is 11.6 Å². The maximum absolute atomic E-state index is 5.57. The Hall–Kier alpha value is -0.670. The molecule has 11 heavy (non-hydrogen) atoms. The number of hydrogen-bond donors (Lipinski definition) is 1. The van der Waals surface area contributed by atoms with Gasteiger partial charge in [0.15, 0.2) is 0 Å². The van der Waals surface area contributed by atoms with Crippen LogP contribution in [0.2, 0.25) is 5.28 Å². The zero-order valence-corrected chi connectivity index (χ0v) is 6.88. The van der Waals surface area contributed by atoms with Crippen molar-refractivity contribution in [1.29, 1.82) is 0 Å². The molecule has 0 aliphatic heterocycles. The van der Waals surface area contributed by atoms with E-state index in [2.05, 4.69) is 9.97 Å². The van der Waals surface area contributed by atoms with E-state index in [9.17, 15) is 0 Å². The molecule has 1 aromatic rings. The summed E-state index contributed by atoms with van der Waals surface area (Å²) < 4.78 is 0. The summed E-state index contributed by atoms with van der Waals surface area (Å²) in [5.41, 5.74) is 6.29. The summed E-state index contributed by atoms with van der Waals surface area (Å²) in [6.45, 7) is 0.682. The Labute approximate surface area is 70.6 Å². The molecule has 4 heteroatoms. The molecule has 0 amide bonds. The van der Waals surface area contributed by atoms with E-state index < -0.39 is 0 Å². The molecular formula is C7H10ClN3. The standard InChI is InChI=1S/C7H10ClN3/c8-7-10-5-3-6(11-7)2-1-4-9/h3,5H,1-2,4,9H2. The van der Waals surface area contributed by atoms with Gasteiger partial charge in [-0.15, -0.1) is 0 Å². The van der Waals surface area contributed by atoms with Crippen molar-refractivity contribution in [2.24, 2.45) is 5.73 Å². The predicted molar refractivity (Wildman–Crippen MR) is 44.4 cm³/mol. The van der Waals surface area contributed by atoms with E-state index >= 15 is 0 Å². The first-order valence-corrected chi connectivity index (χ1v) is 3.88. The zero-order chi connectivity index (χ0) is 8.10. The van der Waals surface area contributed by atoms with Crippen LogP contribution in [0.3, 0.4) is 0 Å². The van der Waals surface area contributed by atoms with Crippen LogP contribution in [0.15, 0.2) is 12.3 Å². The van der Waals surface area contributed by atoms with Gasteiger partial charge in [0.2, 0.25) is 5.28 Å². The fourth-order valence-corrected chi connectivity index (χ4v) is 0.957. The molecule has 0 radical (unpaired) electrons. The summed E-state index contributed by atoms with van der Waals surface area (Å²) in [5.74, 6) is 0. The summed E-state index contributed by atoms with van der Waals surface area (Å²) in [6, 6.07) is 1.85. The average molecular weight is 172 g/mol. The fourth-order valence-electron chi connectivity index (χ4n) is 0.792. The van der Waals surface area contributed by atoms with E-state index in [0.29, 0.717) is 11.8 Å². The second kappa shape index (κ2) is 4.26. The highest BCUT2D eigenvalue weighted by Gasteiger charge is 1.94. The fraction of sp³-hybridized carbons (Fsp3) is 0.429. The average Bonchev–Trinajstić information content (AvgIpc) is 2.01. The molecule has 0 aliphatic carbocycles. The van der Waals surface area contributed by atoms with Crippen LogP contribution in [0.25, 0.3) is 0 Å². The molecule has 1 heterocycles. The van der Waals surface area contributed by atoms with E-state index in [1.807, 2.05) is 6.07 Å². The lowest BCUT2D eigenvalue weighted by molar-refractivity contribution is 0.806. The summed E-state index contributed by atoms with van der Waals surface area (Å²) in [7, 11) is 0. The van der Waals surface area contributed by atoms with Crippen LogP contribution >= 0.6 is 11.6 Å². The van der Waals surface area contributed by atoms with Crippen molar-refractivity contribution in [2.75, 3.05) is 6.54 Å². The highest BCUT2D eigenvalue weighted by Crippen LogP contribution is 2.02. The van der Waals surface area contributed by atoms with Gasteiger partial charge in [0.1, 0.15) is 0 Å². The smallest absolute Gasteiger partial charge is 0.222 e. The van der Waals surface area contributed by atoms with Crippen LogP contribution in [-0.2, 0) is 6.42 Å². The van der Waals surface area contributed by atoms with Crippen molar-refractivity contribution in [3.63, 3.8) is 0 Å². The number of halogens is 1. The van der Waals surface area contributed by atoms with E-state index in [0.717, 1.165) is 18.5 Å². The topological polar surface area (TPSA) is 51.8 Å². The third-order valence-corrected chi connectivity index (χ3v) is 1.50. The second-order valence-electron chi connectivity index (χ2n) is 2.21. The van der Waals surface area contributed by atoms with Gasteiger partial charge < -0.3 is 5.73 Å². The lowest BCUT2D eigenvalue weighted by atomic mass is 10.2. The van der Waals surface area contributed by atoms with Crippen molar-refractivity contribution in [1.82, 2.24) is 9.97 Å². The largest absolute Gasteiger partial charge is 0.330 e. The van der Waals surface area contributed by atoms with Crippen LogP contribution < -0.4 is 5.73 Å². The molecule has 0 saturated carbocycles. The summed E-state index contributed by atoms with van der Waals surface area (Å²) in [5, 5.41) is 0.305. The summed E-state index contributed by atoms with van der Waals surface area (Å²) in [4.78, 5) is 7.78. The van der Waals surface area contributed by atoms with Gasteiger partial charge in [0.25, 0.3) is 0 Å². The highest BCUT2D eigenvalue weighted by molar-refractivity contribution is 6.28. The third kappa shape index (κ3) is 2.82. The Morgan fingerprint density at radius 1 is 1.55 bits per heavy atom. The first-order chi connectivity index (χ1) is 5.33. The van der Waals surface area contributed by atoms with Gasteiger partial charge in [-0.05, 0) is 37.1 Å². The lowest BCUT2D eigenvalue weighted by Gasteiger charge is -1.97. The van der Waals surface area contributed by atoms with Crippen LogP contribution in [-0.4, -0.2) is 16.5 Å². The molecule has 0 unspecified atom stereocenters. The maximum atomic E-state index is 5.57. The third-order valence-electron chi connectivity index (χ3n) is 1.32. The molecule has 0 fully saturated rings. The van der Waals surface area contributed by atoms with Crippen molar-refractivity contribution in [3.8, 4) is 0 Å². The molecule has 3 nitrogen and oxygen atoms in total. The van der Waals surface area contributed by atoms with E-state index in [1.54, 1.807) is 6.20 Å². The van der Waals surface area contributed by atoms with E-state index in [-0.39, 0.29) is 0 Å². The Morgan fingerprint density at radius 3 is 3.00 bits per heavy atom. The minimum atomic E-state index is 0.305. The van der Waals surface area contributed by atoms with Crippen LogP contribution in [0.4, 0.5) is 0 Å². The molecule has 0 saturated heterocycles. The van der Waals surface area contributed by atoms with E-state index in [1.165, 1.54) is 0 Å². The van der Waals surface area contributed by atoms with Crippen LogP contribution in [0.5, 0.6) is 0 Å². The van der Waals surface area contributed by atoms with Crippen molar-refractivity contribution < 1.29 is 0 Å². The normalized spacial score (nSPS) is 10.0. The molecule has 60 valence electrons. The molecule has 1 rings (SSSR count). The van der Waals surface area contributed by atoms with Gasteiger partial charge in [-0.3, -0.25) is 0 Å². The first-order valence-electron chi connectivity index (χ1n) is 3.50. The van der Waals surface area contributed by atoms with Gasteiger partial charge in [0, 0.05) is 11.9 Å². The Bertz CT molecular complexity index is 227. The minimum absolute atomic E-state index is 0.305. The zero-order valence-electron chi connectivity index (χ0n) is 6.13. The first kappa shape index (κ1) is 8.43. The van der Waals surface area contributed by atoms with Crippen LogP contribution in [0.1, 0.15) is 12.1 Å². The van der Waals surface area contributed by atoms with Crippen molar-refractivity contribution in [3.05, 3.63) is 23.2 Å². The number of rotatable bonds is 3. The Kier molecular flexibility index (Phi) is 3.26. The SMILES string of the molecule is NCCCc1ccnc(Cl)n1. The molecule has 0 atom stereocenters. The van der Waals surface area contributed by atoms with Crippen molar-refractivity contribution in [2.45, 2.75) is 12.8 Å². The van der Waals surface area contributed by atoms with Crippen LogP contribution in [0, 0.1) is 0 Å². The monoisotopic (exact) mass is 171 g/mol. The molecular weight excluding hydrogens is 162 g/mol. The molecule has 0 aliphatic rings. The lowest BCUT2D eigenvalue weighted by Crippen LogP contribution is -2.01. The van der Waals surface area contributed by atoms with Gasteiger partial charge in [-0.25, -0.2) is 9.97 Å². The van der Waals surface area contributed by atoms with Gasteiger partial charge >= 0.3 is 0 Å². The molecule has 1 aromatic heterocycles. The number of aryl methyl sites for hydroxylation is 1. The van der Waals surface area contributed by atoms with E-state index in [4.69, 9.17) is 17.3 Å². The number of nitrogens with two attached hydrogens (primary N) is 1. The van der Waals surface area contributed by atoms with Gasteiger partial charge in [-0.2, -0.15) is 0 Å².